The molecule has 0 unspecified atom stereocenters. The van der Waals surface area contributed by atoms with Crippen molar-refractivity contribution in [2.45, 2.75) is 13.5 Å². The molecule has 0 aliphatic heterocycles. The largest absolute Gasteiger partial charge is 0.493 e. The Bertz CT molecular complexity index is 891. The average molecular weight is 357 g/mol. The number of ether oxygens (including phenoxy) is 2. The third kappa shape index (κ3) is 3.51. The minimum Gasteiger partial charge on any atom is -0.493 e. The van der Waals surface area contributed by atoms with E-state index in [1.807, 2.05) is 37.3 Å². The number of methoxy groups -OCH3 is 1. The maximum Gasteiger partial charge on any atom is 0.161 e. The molecule has 0 atom stereocenters. The Labute approximate surface area is 150 Å². The molecule has 1 heterocycles. The summed E-state index contributed by atoms with van der Waals surface area (Å²) in [5, 5.41) is 5.00. The molecule has 0 bridgehead atoms. The van der Waals surface area contributed by atoms with E-state index in [4.69, 9.17) is 21.1 Å². The van der Waals surface area contributed by atoms with E-state index < -0.39 is 0 Å². The monoisotopic (exact) mass is 356 g/mol. The highest BCUT2D eigenvalue weighted by molar-refractivity contribution is 6.30. The molecule has 0 aliphatic carbocycles. The van der Waals surface area contributed by atoms with E-state index in [1.165, 1.54) is 7.11 Å². The summed E-state index contributed by atoms with van der Waals surface area (Å²) in [5.41, 5.74) is 2.99. The van der Waals surface area contributed by atoms with Crippen molar-refractivity contribution in [3.05, 3.63) is 70.5 Å². The Hall–Kier alpha value is -2.79. The summed E-state index contributed by atoms with van der Waals surface area (Å²) in [6.45, 7) is 2.13. The number of para-hydroxylation sites is 1. The molecule has 3 aromatic rings. The van der Waals surface area contributed by atoms with Crippen LogP contribution in [0.25, 0.3) is 5.69 Å². The first kappa shape index (κ1) is 17.0. The maximum absolute atomic E-state index is 10.9. The van der Waals surface area contributed by atoms with Gasteiger partial charge in [0, 0.05) is 11.1 Å². The lowest BCUT2D eigenvalue weighted by molar-refractivity contribution is 0.112. The highest BCUT2D eigenvalue weighted by Gasteiger charge is 2.16. The average Bonchev–Trinajstić information content (AvgIpc) is 2.94. The van der Waals surface area contributed by atoms with E-state index in [0.717, 1.165) is 23.2 Å². The van der Waals surface area contributed by atoms with E-state index in [0.29, 0.717) is 22.2 Å². The number of carbonyl (C=O) groups excluding carboxylic acids is 1. The van der Waals surface area contributed by atoms with Gasteiger partial charge in [-0.05, 0) is 37.3 Å². The van der Waals surface area contributed by atoms with Gasteiger partial charge in [-0.15, -0.1) is 0 Å². The molecule has 0 amide bonds. The highest BCUT2D eigenvalue weighted by atomic mass is 35.5. The molecule has 2 aromatic carbocycles. The Kier molecular flexibility index (Phi) is 5.05. The fourth-order valence-electron chi connectivity index (χ4n) is 2.46. The standard InChI is InChI=1S/C19H17ClN2O3/c1-13-16(19(20)22(21-13)15-6-4-3-5-7-15)12-25-17-9-8-14(11-23)10-18(17)24-2/h3-11H,12H2,1-2H3. The molecule has 0 saturated carbocycles. The molecule has 128 valence electrons. The van der Waals surface area contributed by atoms with Crippen LogP contribution in [0.1, 0.15) is 21.6 Å². The van der Waals surface area contributed by atoms with Crippen LogP contribution in [0.15, 0.2) is 48.5 Å². The summed E-state index contributed by atoms with van der Waals surface area (Å²) < 4.78 is 12.8. The second-order valence-corrected chi connectivity index (χ2v) is 5.78. The lowest BCUT2D eigenvalue weighted by atomic mass is 10.2. The molecule has 25 heavy (non-hydrogen) atoms. The Morgan fingerprint density at radius 2 is 1.92 bits per heavy atom. The number of benzene rings is 2. The third-order valence-corrected chi connectivity index (χ3v) is 4.21. The number of halogens is 1. The van der Waals surface area contributed by atoms with Crippen LogP contribution in [0.4, 0.5) is 0 Å². The van der Waals surface area contributed by atoms with E-state index in [-0.39, 0.29) is 6.61 Å². The van der Waals surface area contributed by atoms with Gasteiger partial charge in [-0.3, -0.25) is 4.79 Å². The maximum atomic E-state index is 10.9. The molecule has 0 aliphatic rings. The van der Waals surface area contributed by atoms with E-state index >= 15 is 0 Å². The number of hydrogen-bond donors (Lipinski definition) is 0. The minimum atomic E-state index is 0.244. The van der Waals surface area contributed by atoms with Crippen LogP contribution in [0.3, 0.4) is 0 Å². The van der Waals surface area contributed by atoms with Crippen LogP contribution in [0.2, 0.25) is 5.15 Å². The Morgan fingerprint density at radius 1 is 1.16 bits per heavy atom. The second-order valence-electron chi connectivity index (χ2n) is 5.42. The van der Waals surface area contributed by atoms with E-state index in [2.05, 4.69) is 5.10 Å². The first-order valence-corrected chi connectivity index (χ1v) is 8.07. The van der Waals surface area contributed by atoms with Gasteiger partial charge in [-0.2, -0.15) is 5.10 Å². The summed E-state index contributed by atoms with van der Waals surface area (Å²) in [7, 11) is 1.53. The number of rotatable bonds is 6. The topological polar surface area (TPSA) is 53.4 Å². The second kappa shape index (κ2) is 7.40. The quantitative estimate of drug-likeness (QED) is 0.620. The van der Waals surface area contributed by atoms with Crippen molar-refractivity contribution in [2.75, 3.05) is 7.11 Å². The van der Waals surface area contributed by atoms with Gasteiger partial charge in [0.2, 0.25) is 0 Å². The zero-order valence-electron chi connectivity index (χ0n) is 13.9. The molecule has 3 rings (SSSR count). The van der Waals surface area contributed by atoms with E-state index in [1.54, 1.807) is 22.9 Å². The molecule has 0 saturated heterocycles. The molecule has 0 N–H and O–H groups in total. The summed E-state index contributed by atoms with van der Waals surface area (Å²) in [6, 6.07) is 14.7. The zero-order chi connectivity index (χ0) is 17.8. The molecule has 0 fully saturated rings. The predicted molar refractivity (Wildman–Crippen MR) is 96.0 cm³/mol. The minimum absolute atomic E-state index is 0.244. The zero-order valence-corrected chi connectivity index (χ0v) is 14.7. The normalized spacial score (nSPS) is 10.5. The smallest absolute Gasteiger partial charge is 0.161 e. The van der Waals surface area contributed by atoms with Crippen LogP contribution >= 0.6 is 11.6 Å². The highest BCUT2D eigenvalue weighted by Crippen LogP contribution is 2.30. The number of nitrogens with zero attached hydrogens (tertiary/aromatic N) is 2. The fourth-order valence-corrected chi connectivity index (χ4v) is 2.79. The first-order chi connectivity index (χ1) is 12.1. The van der Waals surface area contributed by atoms with Gasteiger partial charge >= 0.3 is 0 Å². The SMILES string of the molecule is COc1cc(C=O)ccc1OCc1c(C)nn(-c2ccccc2)c1Cl. The van der Waals surface area contributed by atoms with Crippen LogP contribution < -0.4 is 9.47 Å². The van der Waals surface area contributed by atoms with Gasteiger partial charge in [0.25, 0.3) is 0 Å². The number of carbonyl (C=O) groups is 1. The number of aromatic nitrogens is 2. The van der Waals surface area contributed by atoms with Gasteiger partial charge in [-0.25, -0.2) is 4.68 Å². The molecular formula is C19H17ClN2O3. The summed E-state index contributed by atoms with van der Waals surface area (Å²) in [6.07, 6.45) is 0.761. The van der Waals surface area contributed by atoms with Gasteiger partial charge in [0.15, 0.2) is 11.5 Å². The molecular weight excluding hydrogens is 340 g/mol. The third-order valence-electron chi connectivity index (χ3n) is 3.82. The Balaban J connectivity index is 1.85. The van der Waals surface area contributed by atoms with Gasteiger partial charge in [0.05, 0.1) is 18.5 Å². The fraction of sp³-hybridized carbons (Fsp3) is 0.158. The summed E-state index contributed by atoms with van der Waals surface area (Å²) in [4.78, 5) is 10.9. The van der Waals surface area contributed by atoms with Crippen molar-refractivity contribution in [3.8, 4) is 17.2 Å². The Morgan fingerprint density at radius 3 is 2.60 bits per heavy atom. The van der Waals surface area contributed by atoms with Crippen molar-refractivity contribution in [3.63, 3.8) is 0 Å². The predicted octanol–water partition coefficient (Wildman–Crippen LogP) is 4.23. The summed E-state index contributed by atoms with van der Waals surface area (Å²) in [5.74, 6) is 1.03. The van der Waals surface area contributed by atoms with Crippen molar-refractivity contribution in [1.82, 2.24) is 9.78 Å². The lowest BCUT2D eigenvalue weighted by Gasteiger charge is -2.11. The van der Waals surface area contributed by atoms with Crippen molar-refractivity contribution in [1.29, 1.82) is 0 Å². The summed E-state index contributed by atoms with van der Waals surface area (Å²) >= 11 is 6.49. The van der Waals surface area contributed by atoms with Gasteiger partial charge < -0.3 is 9.47 Å². The van der Waals surface area contributed by atoms with Crippen LogP contribution in [-0.2, 0) is 6.61 Å². The van der Waals surface area contributed by atoms with Crippen molar-refractivity contribution >= 4 is 17.9 Å². The van der Waals surface area contributed by atoms with Gasteiger partial charge in [0.1, 0.15) is 18.0 Å². The van der Waals surface area contributed by atoms with Crippen molar-refractivity contribution < 1.29 is 14.3 Å². The number of aryl methyl sites for hydroxylation is 1. The van der Waals surface area contributed by atoms with Crippen LogP contribution in [0, 0.1) is 6.92 Å². The van der Waals surface area contributed by atoms with Crippen LogP contribution in [0.5, 0.6) is 11.5 Å². The molecule has 1 aromatic heterocycles. The van der Waals surface area contributed by atoms with Crippen molar-refractivity contribution in [2.24, 2.45) is 0 Å². The number of aldehydes is 1. The molecule has 6 heteroatoms. The molecule has 0 spiro atoms. The van der Waals surface area contributed by atoms with Gasteiger partial charge in [-0.1, -0.05) is 29.8 Å². The first-order valence-electron chi connectivity index (χ1n) is 7.69. The number of hydrogen-bond acceptors (Lipinski definition) is 4. The molecule has 5 nitrogen and oxygen atoms in total. The lowest BCUT2D eigenvalue weighted by Crippen LogP contribution is -2.00. The molecule has 0 radical (unpaired) electrons. The van der Waals surface area contributed by atoms with Crippen LogP contribution in [-0.4, -0.2) is 23.2 Å². The van der Waals surface area contributed by atoms with E-state index in [9.17, 15) is 4.79 Å².